The number of aryl methyl sites for hydroxylation is 2. The van der Waals surface area contributed by atoms with Gasteiger partial charge in [0.1, 0.15) is 0 Å². The minimum atomic E-state index is 0.411. The SMILES string of the molecule is CSC1CCC(NC(C)c2cn(C)nc2C)C1. The predicted octanol–water partition coefficient (Wildman–Crippen LogP) is 2.66. The van der Waals surface area contributed by atoms with Crippen LogP contribution in [0.1, 0.15) is 43.5 Å². The van der Waals surface area contributed by atoms with Crippen LogP contribution in [-0.4, -0.2) is 27.3 Å². The number of thioether (sulfide) groups is 1. The van der Waals surface area contributed by atoms with Crippen LogP contribution >= 0.6 is 11.8 Å². The predicted molar refractivity (Wildman–Crippen MR) is 74.4 cm³/mol. The van der Waals surface area contributed by atoms with Crippen LogP contribution in [0.3, 0.4) is 0 Å². The Labute approximate surface area is 108 Å². The standard InChI is InChI=1S/C13H23N3S/c1-9(13-8-16(3)15-10(13)2)14-11-5-6-12(7-11)17-4/h8-9,11-12,14H,5-7H2,1-4H3. The van der Waals surface area contributed by atoms with Gasteiger partial charge in [0, 0.05) is 36.1 Å². The summed E-state index contributed by atoms with van der Waals surface area (Å²) in [6.07, 6.45) is 8.34. The van der Waals surface area contributed by atoms with Crippen molar-refractivity contribution in [1.82, 2.24) is 15.1 Å². The fourth-order valence-electron chi connectivity index (χ4n) is 2.79. The van der Waals surface area contributed by atoms with Gasteiger partial charge in [-0.2, -0.15) is 16.9 Å². The summed E-state index contributed by atoms with van der Waals surface area (Å²) in [6.45, 7) is 4.34. The molecule has 0 aromatic carbocycles. The Hall–Kier alpha value is -0.480. The summed E-state index contributed by atoms with van der Waals surface area (Å²) >= 11 is 2.01. The van der Waals surface area contributed by atoms with Crippen molar-refractivity contribution >= 4 is 11.8 Å². The molecule has 1 saturated carbocycles. The third kappa shape index (κ3) is 3.05. The van der Waals surface area contributed by atoms with Gasteiger partial charge in [-0.05, 0) is 39.4 Å². The summed E-state index contributed by atoms with van der Waals surface area (Å²) < 4.78 is 1.90. The molecule has 4 heteroatoms. The van der Waals surface area contributed by atoms with Gasteiger partial charge in [0.05, 0.1) is 5.69 Å². The molecule has 1 N–H and O–H groups in total. The third-order valence-electron chi connectivity index (χ3n) is 3.72. The molecule has 0 spiro atoms. The number of hydrogen-bond donors (Lipinski definition) is 1. The van der Waals surface area contributed by atoms with Gasteiger partial charge in [0.25, 0.3) is 0 Å². The van der Waals surface area contributed by atoms with Crippen molar-refractivity contribution in [3.63, 3.8) is 0 Å². The van der Waals surface area contributed by atoms with Crippen LogP contribution in [0.25, 0.3) is 0 Å². The Morgan fingerprint density at radius 1 is 1.53 bits per heavy atom. The molecule has 0 bridgehead atoms. The maximum Gasteiger partial charge on any atom is 0.0641 e. The van der Waals surface area contributed by atoms with E-state index in [1.807, 2.05) is 23.5 Å². The highest BCUT2D eigenvalue weighted by Crippen LogP contribution is 2.30. The minimum Gasteiger partial charge on any atom is -0.307 e. The van der Waals surface area contributed by atoms with Gasteiger partial charge in [-0.1, -0.05) is 0 Å². The summed E-state index contributed by atoms with van der Waals surface area (Å²) in [5.41, 5.74) is 2.48. The minimum absolute atomic E-state index is 0.411. The third-order valence-corrected chi connectivity index (χ3v) is 4.82. The lowest BCUT2D eigenvalue weighted by atomic mass is 10.1. The largest absolute Gasteiger partial charge is 0.307 e. The highest BCUT2D eigenvalue weighted by Gasteiger charge is 2.25. The number of aromatic nitrogens is 2. The highest BCUT2D eigenvalue weighted by atomic mass is 32.2. The molecule has 3 unspecified atom stereocenters. The van der Waals surface area contributed by atoms with E-state index in [0.717, 1.165) is 10.9 Å². The lowest BCUT2D eigenvalue weighted by Gasteiger charge is -2.19. The van der Waals surface area contributed by atoms with E-state index in [1.54, 1.807) is 0 Å². The Morgan fingerprint density at radius 3 is 2.82 bits per heavy atom. The first-order valence-electron chi connectivity index (χ1n) is 6.39. The molecule has 3 atom stereocenters. The first kappa shape index (κ1) is 13.0. The molecule has 3 nitrogen and oxygen atoms in total. The van der Waals surface area contributed by atoms with Crippen molar-refractivity contribution in [2.45, 2.75) is 50.4 Å². The monoisotopic (exact) mass is 253 g/mol. The molecular weight excluding hydrogens is 230 g/mol. The molecule has 2 rings (SSSR count). The van der Waals surface area contributed by atoms with Crippen molar-refractivity contribution in [1.29, 1.82) is 0 Å². The zero-order chi connectivity index (χ0) is 12.4. The second-order valence-electron chi connectivity index (χ2n) is 5.10. The van der Waals surface area contributed by atoms with Crippen molar-refractivity contribution < 1.29 is 0 Å². The number of nitrogens with one attached hydrogen (secondary N) is 1. The van der Waals surface area contributed by atoms with Gasteiger partial charge in [0.2, 0.25) is 0 Å². The summed E-state index contributed by atoms with van der Waals surface area (Å²) in [7, 11) is 1.99. The normalized spacial score (nSPS) is 26.4. The average Bonchev–Trinajstić information content (AvgIpc) is 2.85. The summed E-state index contributed by atoms with van der Waals surface area (Å²) in [5.74, 6) is 0. The fraction of sp³-hybridized carbons (Fsp3) is 0.769. The van der Waals surface area contributed by atoms with E-state index >= 15 is 0 Å². The van der Waals surface area contributed by atoms with Crippen LogP contribution in [0.2, 0.25) is 0 Å². The molecular formula is C13H23N3S. The van der Waals surface area contributed by atoms with Crippen LogP contribution in [-0.2, 0) is 7.05 Å². The van der Waals surface area contributed by atoms with Crippen LogP contribution in [0, 0.1) is 6.92 Å². The average molecular weight is 253 g/mol. The van der Waals surface area contributed by atoms with E-state index < -0.39 is 0 Å². The first-order chi connectivity index (χ1) is 8.10. The van der Waals surface area contributed by atoms with Crippen LogP contribution in [0.15, 0.2) is 6.20 Å². The maximum atomic E-state index is 4.41. The molecule has 1 fully saturated rings. The molecule has 1 aliphatic carbocycles. The van der Waals surface area contributed by atoms with E-state index in [4.69, 9.17) is 0 Å². The van der Waals surface area contributed by atoms with Crippen LogP contribution in [0.4, 0.5) is 0 Å². The zero-order valence-corrected chi connectivity index (χ0v) is 12.0. The Kier molecular flexibility index (Phi) is 4.15. The Balaban J connectivity index is 1.93. The first-order valence-corrected chi connectivity index (χ1v) is 7.68. The lowest BCUT2D eigenvalue weighted by Crippen LogP contribution is -2.29. The molecule has 17 heavy (non-hydrogen) atoms. The quantitative estimate of drug-likeness (QED) is 0.894. The van der Waals surface area contributed by atoms with Gasteiger partial charge < -0.3 is 5.32 Å². The second kappa shape index (κ2) is 5.44. The van der Waals surface area contributed by atoms with Crippen molar-refractivity contribution in [2.24, 2.45) is 7.05 Å². The maximum absolute atomic E-state index is 4.41. The van der Waals surface area contributed by atoms with Crippen molar-refractivity contribution in [3.8, 4) is 0 Å². The molecule has 1 heterocycles. The van der Waals surface area contributed by atoms with Crippen LogP contribution in [0.5, 0.6) is 0 Å². The molecule has 1 aromatic heterocycles. The second-order valence-corrected chi connectivity index (χ2v) is 6.24. The van der Waals surface area contributed by atoms with E-state index in [9.17, 15) is 0 Å². The van der Waals surface area contributed by atoms with Gasteiger partial charge in [-0.15, -0.1) is 0 Å². The summed E-state index contributed by atoms with van der Waals surface area (Å²) in [5, 5.41) is 9.01. The summed E-state index contributed by atoms with van der Waals surface area (Å²) in [4.78, 5) is 0. The van der Waals surface area contributed by atoms with Gasteiger partial charge in [-0.3, -0.25) is 4.68 Å². The lowest BCUT2D eigenvalue weighted by molar-refractivity contribution is 0.461. The Bertz CT molecular complexity index is 375. The van der Waals surface area contributed by atoms with E-state index in [-0.39, 0.29) is 0 Å². The number of hydrogen-bond acceptors (Lipinski definition) is 3. The van der Waals surface area contributed by atoms with Crippen molar-refractivity contribution in [2.75, 3.05) is 6.26 Å². The molecule has 1 aliphatic rings. The van der Waals surface area contributed by atoms with E-state index in [1.165, 1.54) is 24.8 Å². The number of rotatable bonds is 4. The number of nitrogens with zero attached hydrogens (tertiary/aromatic N) is 2. The molecule has 0 radical (unpaired) electrons. The molecule has 1 aromatic rings. The Morgan fingerprint density at radius 2 is 2.29 bits per heavy atom. The highest BCUT2D eigenvalue weighted by molar-refractivity contribution is 7.99. The molecule has 0 saturated heterocycles. The fourth-order valence-corrected chi connectivity index (χ4v) is 3.59. The smallest absolute Gasteiger partial charge is 0.0641 e. The summed E-state index contributed by atoms with van der Waals surface area (Å²) in [6, 6.07) is 1.09. The molecule has 0 amide bonds. The van der Waals surface area contributed by atoms with E-state index in [0.29, 0.717) is 12.1 Å². The van der Waals surface area contributed by atoms with E-state index in [2.05, 4.69) is 36.7 Å². The van der Waals surface area contributed by atoms with Gasteiger partial charge in [-0.25, -0.2) is 0 Å². The van der Waals surface area contributed by atoms with Crippen LogP contribution < -0.4 is 5.32 Å². The van der Waals surface area contributed by atoms with Gasteiger partial charge >= 0.3 is 0 Å². The zero-order valence-electron chi connectivity index (χ0n) is 11.2. The molecule has 96 valence electrons. The van der Waals surface area contributed by atoms with Crippen molar-refractivity contribution in [3.05, 3.63) is 17.5 Å². The topological polar surface area (TPSA) is 29.9 Å². The van der Waals surface area contributed by atoms with Gasteiger partial charge in [0.15, 0.2) is 0 Å². The molecule has 0 aliphatic heterocycles.